The Balaban J connectivity index is 1.73. The van der Waals surface area contributed by atoms with Crippen LogP contribution in [0.5, 0.6) is 0 Å². The largest absolute Gasteiger partial charge is 0.330 e. The molecule has 1 aromatic heterocycles. The maximum atomic E-state index is 14.6. The Bertz CT molecular complexity index is 830. The van der Waals surface area contributed by atoms with Gasteiger partial charge >= 0.3 is 6.03 Å². The third-order valence-corrected chi connectivity index (χ3v) is 5.59. The summed E-state index contributed by atoms with van der Waals surface area (Å²) in [6, 6.07) is 4.75. The van der Waals surface area contributed by atoms with E-state index in [9.17, 15) is 9.18 Å². The number of halogens is 1. The molecule has 2 aliphatic heterocycles. The molecular formula is C20H24FN5O. The Labute approximate surface area is 158 Å². The predicted octanol–water partition coefficient (Wildman–Crippen LogP) is 3.36. The summed E-state index contributed by atoms with van der Waals surface area (Å²) in [5, 5.41) is 0. The third kappa shape index (κ3) is 3.16. The van der Waals surface area contributed by atoms with Gasteiger partial charge < -0.3 is 4.90 Å². The molecule has 0 saturated carbocycles. The molecule has 27 heavy (non-hydrogen) atoms. The third-order valence-electron chi connectivity index (χ3n) is 5.59. The van der Waals surface area contributed by atoms with E-state index in [2.05, 4.69) is 21.8 Å². The lowest BCUT2D eigenvalue weighted by atomic mass is 10.0. The molecule has 4 rings (SSSR count). The predicted molar refractivity (Wildman–Crippen MR) is 102 cm³/mol. The number of carbonyl (C=O) groups is 1. The Morgan fingerprint density at radius 3 is 2.74 bits per heavy atom. The number of urea groups is 1. The minimum Gasteiger partial charge on any atom is -0.303 e. The van der Waals surface area contributed by atoms with E-state index in [0.717, 1.165) is 43.6 Å². The van der Waals surface area contributed by atoms with Gasteiger partial charge in [0.25, 0.3) is 0 Å². The number of carbonyl (C=O) groups excluding carboxylic acids is 1. The van der Waals surface area contributed by atoms with Gasteiger partial charge in [-0.05, 0) is 37.9 Å². The van der Waals surface area contributed by atoms with Gasteiger partial charge in [0.05, 0.1) is 12.2 Å². The van der Waals surface area contributed by atoms with E-state index < -0.39 is 0 Å². The molecule has 3 heterocycles. The van der Waals surface area contributed by atoms with Gasteiger partial charge in [-0.1, -0.05) is 19.1 Å². The van der Waals surface area contributed by atoms with Crippen LogP contribution in [0, 0.1) is 12.7 Å². The van der Waals surface area contributed by atoms with Gasteiger partial charge in [0.1, 0.15) is 18.0 Å². The van der Waals surface area contributed by atoms with Crippen molar-refractivity contribution in [1.29, 1.82) is 0 Å². The highest BCUT2D eigenvalue weighted by Crippen LogP contribution is 2.35. The van der Waals surface area contributed by atoms with Crippen molar-refractivity contribution in [1.82, 2.24) is 14.9 Å². The van der Waals surface area contributed by atoms with Crippen LogP contribution in [0.2, 0.25) is 0 Å². The smallest absolute Gasteiger partial charge is 0.303 e. The first-order chi connectivity index (χ1) is 13.1. The van der Waals surface area contributed by atoms with Crippen LogP contribution in [0.25, 0.3) is 0 Å². The van der Waals surface area contributed by atoms with Crippen LogP contribution < -0.4 is 9.80 Å². The van der Waals surface area contributed by atoms with Gasteiger partial charge in [-0.25, -0.2) is 19.2 Å². The van der Waals surface area contributed by atoms with E-state index in [-0.39, 0.29) is 24.4 Å². The van der Waals surface area contributed by atoms with E-state index in [1.807, 2.05) is 13.0 Å². The van der Waals surface area contributed by atoms with Crippen molar-refractivity contribution in [2.45, 2.75) is 39.3 Å². The highest BCUT2D eigenvalue weighted by Gasteiger charge is 2.39. The molecule has 2 amide bonds. The van der Waals surface area contributed by atoms with Crippen molar-refractivity contribution in [2.75, 3.05) is 29.4 Å². The zero-order valence-corrected chi connectivity index (χ0v) is 15.7. The molecule has 1 aromatic carbocycles. The number of likely N-dealkylation sites (tertiary alicyclic amines) is 1. The number of piperidine rings is 1. The number of nitrogens with zero attached hydrogens (tertiary/aromatic N) is 5. The molecule has 0 N–H and O–H groups in total. The second kappa shape index (κ2) is 7.23. The number of amides is 2. The van der Waals surface area contributed by atoms with Crippen molar-refractivity contribution < 1.29 is 9.18 Å². The molecule has 0 spiro atoms. The van der Waals surface area contributed by atoms with Crippen molar-refractivity contribution in [3.8, 4) is 0 Å². The van der Waals surface area contributed by atoms with E-state index in [1.165, 1.54) is 17.3 Å². The highest BCUT2D eigenvalue weighted by molar-refractivity contribution is 6.06. The Hall–Kier alpha value is -2.54. The topological polar surface area (TPSA) is 52.6 Å². The van der Waals surface area contributed by atoms with Crippen LogP contribution in [0.4, 0.5) is 20.7 Å². The lowest BCUT2D eigenvalue weighted by molar-refractivity contribution is 0.211. The van der Waals surface area contributed by atoms with Gasteiger partial charge in [-0.15, -0.1) is 0 Å². The summed E-state index contributed by atoms with van der Waals surface area (Å²) >= 11 is 0. The summed E-state index contributed by atoms with van der Waals surface area (Å²) in [5.41, 5.74) is 1.93. The average Bonchev–Trinajstić information content (AvgIpc) is 2.68. The molecular weight excluding hydrogens is 345 g/mol. The molecule has 0 radical (unpaired) electrons. The van der Waals surface area contributed by atoms with E-state index in [4.69, 9.17) is 0 Å². The molecule has 0 bridgehead atoms. The minimum absolute atomic E-state index is 0.0591. The maximum absolute atomic E-state index is 14.6. The highest BCUT2D eigenvalue weighted by atomic mass is 19.1. The molecule has 2 aliphatic rings. The number of aromatic nitrogens is 2. The minimum atomic E-state index is -0.385. The molecule has 6 nitrogen and oxygen atoms in total. The molecule has 1 saturated heterocycles. The molecule has 2 aromatic rings. The van der Waals surface area contributed by atoms with Crippen LogP contribution in [0.15, 0.2) is 30.7 Å². The van der Waals surface area contributed by atoms with Crippen molar-refractivity contribution in [2.24, 2.45) is 0 Å². The first kappa shape index (κ1) is 17.9. The van der Waals surface area contributed by atoms with Crippen molar-refractivity contribution >= 4 is 17.5 Å². The second-order valence-electron chi connectivity index (χ2n) is 7.18. The van der Waals surface area contributed by atoms with Crippen LogP contribution in [-0.2, 0) is 6.54 Å². The zero-order chi connectivity index (χ0) is 19.0. The Kier molecular flexibility index (Phi) is 4.78. The number of rotatable bonds is 3. The van der Waals surface area contributed by atoms with Gasteiger partial charge in [-0.3, -0.25) is 9.80 Å². The first-order valence-electron chi connectivity index (χ1n) is 9.47. The van der Waals surface area contributed by atoms with Crippen molar-refractivity contribution in [3.05, 3.63) is 47.7 Å². The average molecular weight is 369 g/mol. The number of hydrogen-bond donors (Lipinski definition) is 0. The quantitative estimate of drug-likeness (QED) is 0.833. The Morgan fingerprint density at radius 1 is 1.26 bits per heavy atom. The van der Waals surface area contributed by atoms with E-state index >= 15 is 0 Å². The Morgan fingerprint density at radius 2 is 2.04 bits per heavy atom. The second-order valence-corrected chi connectivity index (χ2v) is 7.18. The summed E-state index contributed by atoms with van der Waals surface area (Å²) in [5.74, 6) is 0.277. The lowest BCUT2D eigenvalue weighted by Gasteiger charge is -2.43. The summed E-state index contributed by atoms with van der Waals surface area (Å²) in [4.78, 5) is 27.6. The normalized spacial score (nSPS) is 18.7. The van der Waals surface area contributed by atoms with Crippen LogP contribution in [0.1, 0.15) is 30.9 Å². The summed E-state index contributed by atoms with van der Waals surface area (Å²) in [7, 11) is 0. The van der Waals surface area contributed by atoms with Gasteiger partial charge in [-0.2, -0.15) is 0 Å². The molecule has 142 valence electrons. The molecule has 1 fully saturated rings. The van der Waals surface area contributed by atoms with Crippen LogP contribution >= 0.6 is 0 Å². The van der Waals surface area contributed by atoms with Crippen LogP contribution in [-0.4, -0.2) is 46.6 Å². The number of aryl methyl sites for hydroxylation is 1. The fraction of sp³-hybridized carbons (Fsp3) is 0.450. The molecule has 0 aliphatic carbocycles. The van der Waals surface area contributed by atoms with Gasteiger partial charge in [0.2, 0.25) is 0 Å². The fourth-order valence-corrected chi connectivity index (χ4v) is 4.10. The molecule has 7 heteroatoms. The van der Waals surface area contributed by atoms with Crippen molar-refractivity contribution in [3.63, 3.8) is 0 Å². The van der Waals surface area contributed by atoms with Crippen LogP contribution in [0.3, 0.4) is 0 Å². The lowest BCUT2D eigenvalue weighted by Crippen LogP contribution is -2.55. The maximum Gasteiger partial charge on any atom is 0.330 e. The fourth-order valence-electron chi connectivity index (χ4n) is 4.10. The zero-order valence-electron chi connectivity index (χ0n) is 15.7. The standard InChI is InChI=1S/C20H24FN5O/c1-3-24-9-7-16(8-10-24)26-19-15(11-22-13-23-19)12-25(20(26)27)18-14(2)5-4-6-17(18)21/h4-6,11,13,16H,3,7-10,12H2,1-2H3. The number of hydrogen-bond acceptors (Lipinski definition) is 4. The summed E-state index contributed by atoms with van der Waals surface area (Å²) < 4.78 is 14.6. The number of para-hydroxylation sites is 1. The first-order valence-corrected chi connectivity index (χ1v) is 9.47. The summed E-state index contributed by atoms with van der Waals surface area (Å²) in [6.45, 7) is 7.17. The van der Waals surface area contributed by atoms with E-state index in [0.29, 0.717) is 11.5 Å². The SMILES string of the molecule is CCN1CCC(N2C(=O)N(c3c(C)cccc3F)Cc3cncnc32)CC1. The number of anilines is 2. The van der Waals surface area contributed by atoms with E-state index in [1.54, 1.807) is 17.2 Å². The molecule has 0 atom stereocenters. The number of fused-ring (bicyclic) bond motifs is 1. The monoisotopic (exact) mass is 369 g/mol. The molecule has 0 unspecified atom stereocenters. The number of benzene rings is 1. The summed E-state index contributed by atoms with van der Waals surface area (Å²) in [6.07, 6.45) is 4.97. The van der Waals surface area contributed by atoms with Gasteiger partial charge in [0, 0.05) is 30.9 Å². The van der Waals surface area contributed by atoms with Gasteiger partial charge in [0.15, 0.2) is 0 Å².